The first kappa shape index (κ1) is 18.5. The summed E-state index contributed by atoms with van der Waals surface area (Å²) in [5, 5.41) is 1.84. The second-order valence-electron chi connectivity index (χ2n) is 6.33. The molecule has 0 aliphatic heterocycles. The Kier molecular flexibility index (Phi) is 5.41. The number of rotatable bonds is 5. The summed E-state index contributed by atoms with van der Waals surface area (Å²) in [6, 6.07) is 20.1. The third kappa shape index (κ3) is 3.92. The number of benzene rings is 3. The van der Waals surface area contributed by atoms with Crippen molar-refractivity contribution in [3.8, 4) is 5.75 Å². The van der Waals surface area contributed by atoms with Crippen LogP contribution in [-0.4, -0.2) is 38.0 Å². The van der Waals surface area contributed by atoms with Crippen LogP contribution in [0.3, 0.4) is 0 Å². The third-order valence-electron chi connectivity index (χ3n) is 4.28. The van der Waals surface area contributed by atoms with Crippen LogP contribution in [0, 0.1) is 0 Å². The van der Waals surface area contributed by atoms with E-state index in [0.717, 1.165) is 10.8 Å². The molecule has 0 unspecified atom stereocenters. The van der Waals surface area contributed by atoms with E-state index >= 15 is 0 Å². The summed E-state index contributed by atoms with van der Waals surface area (Å²) in [4.78, 5) is 26.9. The van der Waals surface area contributed by atoms with E-state index in [1.54, 1.807) is 50.5 Å². The van der Waals surface area contributed by atoms with Gasteiger partial charge in [0.05, 0.1) is 7.11 Å². The zero-order valence-electron chi connectivity index (χ0n) is 15.5. The van der Waals surface area contributed by atoms with Crippen molar-refractivity contribution in [1.29, 1.82) is 0 Å². The van der Waals surface area contributed by atoms with E-state index in [0.29, 0.717) is 11.3 Å². The first-order valence-corrected chi connectivity index (χ1v) is 8.55. The number of nitrogens with zero attached hydrogens (tertiary/aromatic N) is 1. The summed E-state index contributed by atoms with van der Waals surface area (Å²) < 4.78 is 11.0. The molecular formula is C22H21NO4. The normalized spacial score (nSPS) is 11.7. The van der Waals surface area contributed by atoms with Gasteiger partial charge in [0.1, 0.15) is 11.3 Å². The molecule has 1 atom stereocenters. The predicted molar refractivity (Wildman–Crippen MR) is 104 cm³/mol. The summed E-state index contributed by atoms with van der Waals surface area (Å²) in [7, 11) is 4.76. The number of hydrogen-bond acceptors (Lipinski definition) is 4. The number of esters is 1. The van der Waals surface area contributed by atoms with Gasteiger partial charge in [-0.1, -0.05) is 54.6 Å². The molecule has 138 valence electrons. The molecule has 3 rings (SSSR count). The molecule has 0 heterocycles. The molecule has 0 saturated heterocycles. The number of carbonyl (C=O) groups excluding carboxylic acids is 2. The molecule has 0 aromatic heterocycles. The molecule has 0 radical (unpaired) electrons. The van der Waals surface area contributed by atoms with E-state index in [9.17, 15) is 9.59 Å². The molecule has 5 heteroatoms. The molecule has 27 heavy (non-hydrogen) atoms. The number of likely N-dealkylation sites (N-methyl/N-ethyl adjacent to an activating group) is 1. The van der Waals surface area contributed by atoms with Gasteiger partial charge in [-0.3, -0.25) is 4.79 Å². The van der Waals surface area contributed by atoms with E-state index in [-0.39, 0.29) is 11.5 Å². The van der Waals surface area contributed by atoms with Crippen LogP contribution in [0.2, 0.25) is 0 Å². The van der Waals surface area contributed by atoms with E-state index in [2.05, 4.69) is 0 Å². The largest absolute Gasteiger partial charge is 0.496 e. The number of amides is 1. The van der Waals surface area contributed by atoms with E-state index < -0.39 is 12.1 Å². The highest BCUT2D eigenvalue weighted by Crippen LogP contribution is 2.29. The Hall–Kier alpha value is -3.34. The maximum Gasteiger partial charge on any atom is 0.343 e. The van der Waals surface area contributed by atoms with Gasteiger partial charge in [0.25, 0.3) is 5.91 Å². The fourth-order valence-corrected chi connectivity index (χ4v) is 2.84. The van der Waals surface area contributed by atoms with E-state index in [1.807, 2.05) is 30.3 Å². The Balaban J connectivity index is 1.98. The Morgan fingerprint density at radius 3 is 2.07 bits per heavy atom. The lowest BCUT2D eigenvalue weighted by molar-refractivity contribution is -0.138. The van der Waals surface area contributed by atoms with Crippen LogP contribution in [-0.2, 0) is 9.53 Å². The maximum atomic E-state index is 12.9. The molecule has 0 spiro atoms. The smallest absolute Gasteiger partial charge is 0.343 e. The van der Waals surface area contributed by atoms with Crippen molar-refractivity contribution in [2.24, 2.45) is 0 Å². The van der Waals surface area contributed by atoms with Crippen molar-refractivity contribution < 1.29 is 19.1 Å². The van der Waals surface area contributed by atoms with Gasteiger partial charge in [-0.05, 0) is 22.9 Å². The van der Waals surface area contributed by atoms with Crippen molar-refractivity contribution in [1.82, 2.24) is 4.90 Å². The highest BCUT2D eigenvalue weighted by Gasteiger charge is 2.28. The molecule has 0 bridgehead atoms. The summed E-state index contributed by atoms with van der Waals surface area (Å²) >= 11 is 0. The average Bonchev–Trinajstić information content (AvgIpc) is 2.70. The van der Waals surface area contributed by atoms with Gasteiger partial charge in [-0.25, -0.2) is 4.79 Å². The highest BCUT2D eigenvalue weighted by molar-refractivity contribution is 6.00. The molecule has 3 aromatic carbocycles. The minimum absolute atomic E-state index is 0.281. The minimum Gasteiger partial charge on any atom is -0.496 e. The molecule has 0 saturated carbocycles. The summed E-state index contributed by atoms with van der Waals surface area (Å²) in [6.07, 6.45) is -1.02. The zero-order chi connectivity index (χ0) is 19.4. The van der Waals surface area contributed by atoms with Crippen molar-refractivity contribution in [3.63, 3.8) is 0 Å². The van der Waals surface area contributed by atoms with Gasteiger partial charge in [0.15, 0.2) is 0 Å². The number of ether oxygens (including phenoxy) is 2. The molecule has 1 amide bonds. The minimum atomic E-state index is -1.02. The summed E-state index contributed by atoms with van der Waals surface area (Å²) in [5.74, 6) is -0.515. The molecule has 0 N–H and O–H groups in total. The van der Waals surface area contributed by atoms with E-state index in [1.165, 1.54) is 12.0 Å². The fourth-order valence-electron chi connectivity index (χ4n) is 2.84. The number of fused-ring (bicyclic) bond motifs is 1. The van der Waals surface area contributed by atoms with Gasteiger partial charge >= 0.3 is 5.97 Å². The first-order valence-electron chi connectivity index (χ1n) is 8.55. The predicted octanol–water partition coefficient (Wildman–Crippen LogP) is 3.83. The standard InChI is InChI=1S/C22H21NO4/c1-23(2)21(24)20(15-9-5-4-6-10-15)27-22(25)18-13-16-11-7-8-12-17(16)14-19(18)26-3/h4-14,20H,1-3H3/t20-/m1/s1. The Labute approximate surface area is 158 Å². The van der Waals surface area contributed by atoms with Crippen LogP contribution in [0.1, 0.15) is 22.0 Å². The van der Waals surface area contributed by atoms with Crippen LogP contribution >= 0.6 is 0 Å². The second-order valence-corrected chi connectivity index (χ2v) is 6.33. The fraction of sp³-hybridized carbons (Fsp3) is 0.182. The van der Waals surface area contributed by atoms with Crippen molar-refractivity contribution in [2.75, 3.05) is 21.2 Å². The summed E-state index contributed by atoms with van der Waals surface area (Å²) in [5.41, 5.74) is 0.896. The zero-order valence-corrected chi connectivity index (χ0v) is 15.5. The summed E-state index contributed by atoms with van der Waals surface area (Å²) in [6.45, 7) is 0. The third-order valence-corrected chi connectivity index (χ3v) is 4.28. The van der Waals surface area contributed by atoms with Crippen molar-refractivity contribution in [3.05, 3.63) is 77.9 Å². The average molecular weight is 363 g/mol. The quantitative estimate of drug-likeness (QED) is 0.647. The Morgan fingerprint density at radius 1 is 0.889 bits per heavy atom. The molecular weight excluding hydrogens is 342 g/mol. The molecule has 0 aliphatic rings. The van der Waals surface area contributed by atoms with E-state index in [4.69, 9.17) is 9.47 Å². The van der Waals surface area contributed by atoms with Crippen molar-refractivity contribution in [2.45, 2.75) is 6.10 Å². The molecule has 5 nitrogen and oxygen atoms in total. The lowest BCUT2D eigenvalue weighted by Gasteiger charge is -2.21. The topological polar surface area (TPSA) is 55.8 Å². The Morgan fingerprint density at radius 2 is 1.48 bits per heavy atom. The van der Waals surface area contributed by atoms with Gasteiger partial charge < -0.3 is 14.4 Å². The lowest BCUT2D eigenvalue weighted by atomic mass is 10.1. The van der Waals surface area contributed by atoms with Crippen LogP contribution in [0.5, 0.6) is 5.75 Å². The SMILES string of the molecule is COc1cc2ccccc2cc1C(=O)O[C@@H](C(=O)N(C)C)c1ccccc1. The van der Waals surface area contributed by atoms with Crippen LogP contribution in [0.25, 0.3) is 10.8 Å². The molecule has 0 aliphatic carbocycles. The number of hydrogen-bond donors (Lipinski definition) is 0. The molecule has 3 aromatic rings. The maximum absolute atomic E-state index is 12.9. The van der Waals surface area contributed by atoms with Crippen LogP contribution < -0.4 is 4.74 Å². The van der Waals surface area contributed by atoms with Gasteiger partial charge in [-0.15, -0.1) is 0 Å². The van der Waals surface area contributed by atoms with Crippen molar-refractivity contribution >= 4 is 22.6 Å². The molecule has 0 fully saturated rings. The van der Waals surface area contributed by atoms with Gasteiger partial charge in [0.2, 0.25) is 6.10 Å². The number of carbonyl (C=O) groups is 2. The lowest BCUT2D eigenvalue weighted by Crippen LogP contribution is -2.31. The highest BCUT2D eigenvalue weighted by atomic mass is 16.6. The van der Waals surface area contributed by atoms with Crippen LogP contribution in [0.15, 0.2) is 66.7 Å². The van der Waals surface area contributed by atoms with Gasteiger partial charge in [0, 0.05) is 19.7 Å². The van der Waals surface area contributed by atoms with Gasteiger partial charge in [-0.2, -0.15) is 0 Å². The number of methoxy groups -OCH3 is 1. The van der Waals surface area contributed by atoms with Crippen LogP contribution in [0.4, 0.5) is 0 Å². The monoisotopic (exact) mass is 363 g/mol. The second kappa shape index (κ2) is 7.91. The Bertz CT molecular complexity index is 966. The first-order chi connectivity index (χ1) is 13.0.